The van der Waals surface area contributed by atoms with E-state index in [1.165, 1.54) is 0 Å². The number of likely N-dealkylation sites (N-methyl/N-ethyl adjacent to an activating group) is 1. The van der Waals surface area contributed by atoms with Crippen molar-refractivity contribution in [2.24, 2.45) is 5.73 Å². The number of aryl methyl sites for hydroxylation is 1. The van der Waals surface area contributed by atoms with Crippen LogP contribution in [0.5, 0.6) is 0 Å². The second kappa shape index (κ2) is 5.70. The number of hydrogen-bond donors (Lipinski definition) is 1. The summed E-state index contributed by atoms with van der Waals surface area (Å²) in [5.41, 5.74) is 6.81. The molecule has 1 atom stereocenters. The average molecular weight is 224 g/mol. The van der Waals surface area contributed by atoms with Crippen LogP contribution in [0.3, 0.4) is 0 Å². The summed E-state index contributed by atoms with van der Waals surface area (Å²) in [5, 5.41) is 0. The van der Waals surface area contributed by atoms with Gasteiger partial charge in [0.05, 0.1) is 12.3 Å². The van der Waals surface area contributed by atoms with Crippen molar-refractivity contribution in [1.82, 2.24) is 4.90 Å². The van der Waals surface area contributed by atoms with Gasteiger partial charge < -0.3 is 15.1 Å². The van der Waals surface area contributed by atoms with E-state index in [1.807, 2.05) is 19.9 Å². The Hall–Kier alpha value is -1.29. The number of hydrogen-bond acceptors (Lipinski definition) is 3. The maximum absolute atomic E-state index is 11.8. The zero-order valence-corrected chi connectivity index (χ0v) is 10.2. The lowest BCUT2D eigenvalue weighted by Gasteiger charge is -2.20. The minimum absolute atomic E-state index is 0.0116. The summed E-state index contributed by atoms with van der Waals surface area (Å²) in [6.07, 6.45) is 3.29. The third-order valence-electron chi connectivity index (χ3n) is 2.67. The van der Waals surface area contributed by atoms with Crippen molar-refractivity contribution in [3.8, 4) is 0 Å². The molecule has 1 aromatic rings. The number of nitrogens with two attached hydrogens (primary N) is 1. The van der Waals surface area contributed by atoms with E-state index in [-0.39, 0.29) is 11.9 Å². The van der Waals surface area contributed by atoms with Crippen LogP contribution >= 0.6 is 0 Å². The molecule has 1 amide bonds. The first-order valence-electron chi connectivity index (χ1n) is 5.59. The Bertz CT molecular complexity index is 347. The molecule has 0 saturated carbocycles. The van der Waals surface area contributed by atoms with E-state index < -0.39 is 0 Å². The summed E-state index contributed by atoms with van der Waals surface area (Å²) in [7, 11) is 1.77. The van der Waals surface area contributed by atoms with Gasteiger partial charge >= 0.3 is 0 Å². The molecule has 0 saturated heterocycles. The summed E-state index contributed by atoms with van der Waals surface area (Å²) >= 11 is 0. The van der Waals surface area contributed by atoms with Gasteiger partial charge in [0.1, 0.15) is 5.76 Å². The topological polar surface area (TPSA) is 59.5 Å². The first kappa shape index (κ1) is 12.8. The average Bonchev–Trinajstić information content (AvgIpc) is 2.63. The Labute approximate surface area is 96.4 Å². The van der Waals surface area contributed by atoms with E-state index in [0.717, 1.165) is 24.2 Å². The lowest BCUT2D eigenvalue weighted by Crippen LogP contribution is -2.41. The van der Waals surface area contributed by atoms with E-state index >= 15 is 0 Å². The monoisotopic (exact) mass is 224 g/mol. The normalized spacial score (nSPS) is 12.5. The second-order valence-corrected chi connectivity index (χ2v) is 4.09. The van der Waals surface area contributed by atoms with E-state index in [0.29, 0.717) is 6.54 Å². The van der Waals surface area contributed by atoms with Crippen molar-refractivity contribution < 1.29 is 9.21 Å². The number of amides is 1. The van der Waals surface area contributed by atoms with Crippen LogP contribution in [0, 0.1) is 6.92 Å². The molecule has 2 N–H and O–H groups in total. The number of rotatable bonds is 5. The highest BCUT2D eigenvalue weighted by atomic mass is 16.3. The number of carbonyl (C=O) groups is 1. The van der Waals surface area contributed by atoms with Gasteiger partial charge in [-0.25, -0.2) is 0 Å². The van der Waals surface area contributed by atoms with Gasteiger partial charge in [-0.1, -0.05) is 13.3 Å². The van der Waals surface area contributed by atoms with Gasteiger partial charge in [0.25, 0.3) is 0 Å². The minimum Gasteiger partial charge on any atom is -0.469 e. The standard InChI is InChI=1S/C12H20N2O2/c1-4-5-11(13)12(15)14(3)8-10-6-7-16-9(10)2/h6-7,11H,4-5,8,13H2,1-3H3. The van der Waals surface area contributed by atoms with Crippen LogP contribution in [0.15, 0.2) is 16.7 Å². The van der Waals surface area contributed by atoms with Crippen LogP contribution in [0.4, 0.5) is 0 Å². The van der Waals surface area contributed by atoms with Crippen molar-refractivity contribution in [3.05, 3.63) is 23.7 Å². The Morgan fingerprint density at radius 2 is 2.31 bits per heavy atom. The maximum atomic E-state index is 11.8. The third-order valence-corrected chi connectivity index (χ3v) is 2.67. The molecule has 0 aromatic carbocycles. The highest BCUT2D eigenvalue weighted by molar-refractivity contribution is 5.81. The molecule has 0 aliphatic rings. The molecule has 0 spiro atoms. The van der Waals surface area contributed by atoms with Crippen LogP contribution < -0.4 is 5.73 Å². The molecule has 0 aliphatic carbocycles. The lowest BCUT2D eigenvalue weighted by molar-refractivity contribution is -0.132. The molecule has 0 fully saturated rings. The van der Waals surface area contributed by atoms with Crippen LogP contribution in [-0.2, 0) is 11.3 Å². The summed E-state index contributed by atoms with van der Waals surface area (Å²) in [6, 6.07) is 1.49. The zero-order valence-electron chi connectivity index (χ0n) is 10.2. The van der Waals surface area contributed by atoms with Gasteiger partial charge in [0, 0.05) is 19.2 Å². The van der Waals surface area contributed by atoms with Gasteiger partial charge in [-0.05, 0) is 19.4 Å². The molecule has 4 nitrogen and oxygen atoms in total. The Kier molecular flexibility index (Phi) is 4.55. The summed E-state index contributed by atoms with van der Waals surface area (Å²) < 4.78 is 5.18. The molecule has 4 heteroatoms. The molecule has 0 aliphatic heterocycles. The maximum Gasteiger partial charge on any atom is 0.239 e. The third kappa shape index (κ3) is 3.10. The SMILES string of the molecule is CCCC(N)C(=O)N(C)Cc1ccoc1C. The van der Waals surface area contributed by atoms with Gasteiger partial charge in [0.2, 0.25) is 5.91 Å². The van der Waals surface area contributed by atoms with Crippen molar-refractivity contribution in [2.75, 3.05) is 7.05 Å². The Balaban J connectivity index is 2.55. The fraction of sp³-hybridized carbons (Fsp3) is 0.583. The molecule has 1 aromatic heterocycles. The highest BCUT2D eigenvalue weighted by Crippen LogP contribution is 2.11. The minimum atomic E-state index is -0.387. The molecule has 0 bridgehead atoms. The van der Waals surface area contributed by atoms with Crippen molar-refractivity contribution >= 4 is 5.91 Å². The van der Waals surface area contributed by atoms with Crippen LogP contribution in [0.1, 0.15) is 31.1 Å². The molecular weight excluding hydrogens is 204 g/mol. The fourth-order valence-corrected chi connectivity index (χ4v) is 1.63. The molecule has 1 heterocycles. The smallest absolute Gasteiger partial charge is 0.239 e. The van der Waals surface area contributed by atoms with E-state index in [4.69, 9.17) is 10.2 Å². The first-order valence-corrected chi connectivity index (χ1v) is 5.59. The molecule has 90 valence electrons. The Morgan fingerprint density at radius 3 is 2.81 bits per heavy atom. The largest absolute Gasteiger partial charge is 0.469 e. The fourth-order valence-electron chi connectivity index (χ4n) is 1.63. The van der Waals surface area contributed by atoms with E-state index in [9.17, 15) is 4.79 Å². The highest BCUT2D eigenvalue weighted by Gasteiger charge is 2.18. The van der Waals surface area contributed by atoms with E-state index in [1.54, 1.807) is 18.2 Å². The van der Waals surface area contributed by atoms with Crippen molar-refractivity contribution in [3.63, 3.8) is 0 Å². The summed E-state index contributed by atoms with van der Waals surface area (Å²) in [6.45, 7) is 4.46. The first-order chi connectivity index (χ1) is 7.56. The van der Waals surface area contributed by atoms with Gasteiger partial charge in [-0.3, -0.25) is 4.79 Å². The van der Waals surface area contributed by atoms with Crippen molar-refractivity contribution in [2.45, 2.75) is 39.3 Å². The lowest BCUT2D eigenvalue weighted by atomic mass is 10.1. The molecule has 1 unspecified atom stereocenters. The molecule has 1 rings (SSSR count). The number of furan rings is 1. The van der Waals surface area contributed by atoms with Gasteiger partial charge in [-0.15, -0.1) is 0 Å². The number of nitrogens with zero attached hydrogens (tertiary/aromatic N) is 1. The molecule has 0 radical (unpaired) electrons. The summed E-state index contributed by atoms with van der Waals surface area (Å²) in [5.74, 6) is 0.839. The van der Waals surface area contributed by atoms with Gasteiger partial charge in [0.15, 0.2) is 0 Å². The van der Waals surface area contributed by atoms with Crippen molar-refractivity contribution in [1.29, 1.82) is 0 Å². The Morgan fingerprint density at radius 1 is 1.62 bits per heavy atom. The zero-order chi connectivity index (χ0) is 12.1. The van der Waals surface area contributed by atoms with Crippen LogP contribution in [0.25, 0.3) is 0 Å². The van der Waals surface area contributed by atoms with E-state index in [2.05, 4.69) is 0 Å². The molecular formula is C12H20N2O2. The number of carbonyl (C=O) groups excluding carboxylic acids is 1. The van der Waals surface area contributed by atoms with Crippen LogP contribution in [0.2, 0.25) is 0 Å². The molecule has 16 heavy (non-hydrogen) atoms. The van der Waals surface area contributed by atoms with Crippen LogP contribution in [-0.4, -0.2) is 23.9 Å². The predicted molar refractivity (Wildman–Crippen MR) is 62.8 cm³/mol. The summed E-state index contributed by atoms with van der Waals surface area (Å²) in [4.78, 5) is 13.5. The quantitative estimate of drug-likeness (QED) is 0.827. The predicted octanol–water partition coefficient (Wildman–Crippen LogP) is 1.67. The van der Waals surface area contributed by atoms with Gasteiger partial charge in [-0.2, -0.15) is 0 Å². The second-order valence-electron chi connectivity index (χ2n) is 4.09.